The first-order valence-electron chi connectivity index (χ1n) is 10.6. The molecular formula is C22H23FN6O4S. The molecule has 0 aliphatic rings. The van der Waals surface area contributed by atoms with E-state index >= 15 is 0 Å². The molecule has 1 amide bonds. The Morgan fingerprint density at radius 3 is 2.62 bits per heavy atom. The zero-order valence-corrected chi connectivity index (χ0v) is 19.7. The lowest BCUT2D eigenvalue weighted by Gasteiger charge is -2.13. The number of hydrogen-bond acceptors (Lipinski definition) is 7. The second kappa shape index (κ2) is 9.59. The Balaban J connectivity index is 1.89. The zero-order valence-electron chi connectivity index (χ0n) is 18.9. The van der Waals surface area contributed by atoms with Crippen LogP contribution in [0.4, 0.5) is 4.39 Å². The van der Waals surface area contributed by atoms with Gasteiger partial charge in [0.15, 0.2) is 0 Å². The van der Waals surface area contributed by atoms with E-state index in [0.29, 0.717) is 38.6 Å². The molecule has 0 aliphatic carbocycles. The van der Waals surface area contributed by atoms with Gasteiger partial charge in [-0.2, -0.15) is 10.2 Å². The van der Waals surface area contributed by atoms with Crippen LogP contribution in [0.3, 0.4) is 0 Å². The number of nitrogens with zero attached hydrogens (tertiary/aromatic N) is 5. The monoisotopic (exact) mass is 486 g/mol. The molecule has 0 aliphatic heterocycles. The minimum atomic E-state index is -0.625. The number of nitrogens with one attached hydrogen (secondary N) is 1. The molecule has 12 heteroatoms. The fraction of sp³-hybridized carbons (Fsp3) is 0.318. The van der Waals surface area contributed by atoms with Crippen LogP contribution in [0.15, 0.2) is 40.2 Å². The summed E-state index contributed by atoms with van der Waals surface area (Å²) in [6, 6.07) is 4.17. The van der Waals surface area contributed by atoms with Crippen LogP contribution in [0.5, 0.6) is 5.75 Å². The number of rotatable bonds is 8. The number of benzene rings is 1. The van der Waals surface area contributed by atoms with Gasteiger partial charge in [0.1, 0.15) is 27.9 Å². The quantitative estimate of drug-likeness (QED) is 0.405. The van der Waals surface area contributed by atoms with Gasteiger partial charge in [0.2, 0.25) is 5.91 Å². The standard InChI is InChI=1S/C22H23FN6O4S/c1-4-24-17(30)12-28-19(31)18-13(2)20(29-25-8-9-26-29)34-21(18)27(22(28)32)10-7-14-11-15(23)5-6-16(14)33-3/h5-6,8-9,11H,4,7,10,12H2,1-3H3,(H,24,30). The molecule has 4 aromatic rings. The molecule has 0 fully saturated rings. The molecule has 1 aromatic carbocycles. The predicted molar refractivity (Wildman–Crippen MR) is 125 cm³/mol. The number of carbonyl (C=O) groups excluding carboxylic acids is 1. The average molecular weight is 487 g/mol. The second-order valence-electron chi connectivity index (χ2n) is 7.52. The minimum Gasteiger partial charge on any atom is -0.496 e. The maximum Gasteiger partial charge on any atom is 0.332 e. The van der Waals surface area contributed by atoms with Crippen molar-refractivity contribution in [3.05, 3.63) is 68.4 Å². The summed E-state index contributed by atoms with van der Waals surface area (Å²) >= 11 is 1.20. The number of amides is 1. The van der Waals surface area contributed by atoms with E-state index in [1.165, 1.54) is 58.4 Å². The van der Waals surface area contributed by atoms with Crippen molar-refractivity contribution < 1.29 is 13.9 Å². The summed E-state index contributed by atoms with van der Waals surface area (Å²) in [6.07, 6.45) is 3.29. The Kier molecular flexibility index (Phi) is 6.59. The largest absolute Gasteiger partial charge is 0.496 e. The number of aryl methyl sites for hydroxylation is 3. The van der Waals surface area contributed by atoms with Gasteiger partial charge in [-0.15, -0.1) is 4.80 Å². The first-order chi connectivity index (χ1) is 16.3. The number of aromatic nitrogens is 5. The number of thiophene rings is 1. The number of likely N-dealkylation sites (N-methyl/N-ethyl adjacent to an activating group) is 1. The zero-order chi connectivity index (χ0) is 24.4. The van der Waals surface area contributed by atoms with E-state index in [2.05, 4.69) is 15.5 Å². The first-order valence-corrected chi connectivity index (χ1v) is 11.4. The number of ether oxygens (including phenoxy) is 1. The Labute approximate surface area is 197 Å². The summed E-state index contributed by atoms with van der Waals surface area (Å²) in [5, 5.41) is 11.8. The topological polar surface area (TPSA) is 113 Å². The van der Waals surface area contributed by atoms with Gasteiger partial charge in [-0.25, -0.2) is 9.18 Å². The van der Waals surface area contributed by atoms with Gasteiger partial charge in [-0.05, 0) is 44.0 Å². The van der Waals surface area contributed by atoms with Crippen molar-refractivity contribution in [2.45, 2.75) is 33.4 Å². The van der Waals surface area contributed by atoms with Gasteiger partial charge in [-0.1, -0.05) is 11.3 Å². The molecule has 0 saturated heterocycles. The van der Waals surface area contributed by atoms with Crippen molar-refractivity contribution in [1.82, 2.24) is 29.4 Å². The molecule has 3 heterocycles. The first kappa shape index (κ1) is 23.4. The van der Waals surface area contributed by atoms with Crippen molar-refractivity contribution in [3.8, 4) is 10.8 Å². The molecular weight excluding hydrogens is 463 g/mol. The van der Waals surface area contributed by atoms with Crippen LogP contribution in [-0.4, -0.2) is 43.7 Å². The average Bonchev–Trinajstić information content (AvgIpc) is 3.45. The van der Waals surface area contributed by atoms with Crippen LogP contribution < -0.4 is 21.3 Å². The van der Waals surface area contributed by atoms with E-state index in [1.54, 1.807) is 13.8 Å². The molecule has 34 heavy (non-hydrogen) atoms. The molecule has 0 bridgehead atoms. The van der Waals surface area contributed by atoms with Crippen molar-refractivity contribution in [2.75, 3.05) is 13.7 Å². The Hall–Kier alpha value is -3.80. The maximum atomic E-state index is 13.9. The molecule has 0 radical (unpaired) electrons. The van der Waals surface area contributed by atoms with Crippen LogP contribution in [0, 0.1) is 12.7 Å². The number of carbonyl (C=O) groups is 1. The van der Waals surface area contributed by atoms with Gasteiger partial charge in [0, 0.05) is 18.7 Å². The summed E-state index contributed by atoms with van der Waals surface area (Å²) in [5.74, 6) is -0.375. The summed E-state index contributed by atoms with van der Waals surface area (Å²) < 4.78 is 21.5. The highest BCUT2D eigenvalue weighted by molar-refractivity contribution is 7.21. The Morgan fingerprint density at radius 2 is 1.94 bits per heavy atom. The molecule has 178 valence electrons. The van der Waals surface area contributed by atoms with Gasteiger partial charge in [-0.3, -0.25) is 18.7 Å². The fourth-order valence-electron chi connectivity index (χ4n) is 3.80. The number of halogens is 1. The predicted octanol–water partition coefficient (Wildman–Crippen LogP) is 1.64. The van der Waals surface area contributed by atoms with Gasteiger partial charge < -0.3 is 10.1 Å². The smallest absolute Gasteiger partial charge is 0.332 e. The Morgan fingerprint density at radius 1 is 1.21 bits per heavy atom. The van der Waals surface area contributed by atoms with Crippen LogP contribution in [0.25, 0.3) is 15.2 Å². The molecule has 0 unspecified atom stereocenters. The molecule has 0 spiro atoms. The summed E-state index contributed by atoms with van der Waals surface area (Å²) in [5.41, 5.74) is -0.00690. The van der Waals surface area contributed by atoms with E-state index in [1.807, 2.05) is 0 Å². The lowest BCUT2D eigenvalue weighted by atomic mass is 10.1. The Bertz CT molecular complexity index is 1470. The molecule has 3 aromatic heterocycles. The van der Waals surface area contributed by atoms with Gasteiger partial charge >= 0.3 is 5.69 Å². The fourth-order valence-corrected chi connectivity index (χ4v) is 5.04. The highest BCUT2D eigenvalue weighted by Gasteiger charge is 2.22. The van der Waals surface area contributed by atoms with Crippen molar-refractivity contribution in [3.63, 3.8) is 0 Å². The number of fused-ring (bicyclic) bond motifs is 1. The van der Waals surface area contributed by atoms with Crippen molar-refractivity contribution >= 4 is 27.5 Å². The highest BCUT2D eigenvalue weighted by Crippen LogP contribution is 2.30. The third kappa shape index (κ3) is 4.23. The SMILES string of the molecule is CCNC(=O)Cn1c(=O)c2c(C)c(-n3nccn3)sc2n(CCc2cc(F)ccc2OC)c1=O. The lowest BCUT2D eigenvalue weighted by molar-refractivity contribution is -0.121. The van der Waals surface area contributed by atoms with Gasteiger partial charge in [0.25, 0.3) is 5.56 Å². The molecule has 4 rings (SSSR count). The number of methoxy groups -OCH3 is 1. The van der Waals surface area contributed by atoms with Crippen LogP contribution in [-0.2, 0) is 24.3 Å². The maximum absolute atomic E-state index is 13.9. The highest BCUT2D eigenvalue weighted by atomic mass is 32.1. The van der Waals surface area contributed by atoms with Crippen LogP contribution in [0.2, 0.25) is 0 Å². The van der Waals surface area contributed by atoms with E-state index in [4.69, 9.17) is 4.74 Å². The van der Waals surface area contributed by atoms with Crippen LogP contribution >= 0.6 is 11.3 Å². The molecule has 1 N–H and O–H groups in total. The van der Waals surface area contributed by atoms with E-state index in [9.17, 15) is 18.8 Å². The van der Waals surface area contributed by atoms with E-state index < -0.39 is 29.5 Å². The van der Waals surface area contributed by atoms with E-state index in [0.717, 1.165) is 4.57 Å². The van der Waals surface area contributed by atoms with Crippen molar-refractivity contribution in [1.29, 1.82) is 0 Å². The van der Waals surface area contributed by atoms with E-state index in [-0.39, 0.29) is 13.0 Å². The minimum absolute atomic E-state index is 0.136. The molecule has 0 saturated carbocycles. The summed E-state index contributed by atoms with van der Waals surface area (Å²) in [7, 11) is 1.49. The summed E-state index contributed by atoms with van der Waals surface area (Å²) in [6.45, 7) is 3.60. The molecule has 0 atom stereocenters. The third-order valence-corrected chi connectivity index (χ3v) is 6.67. The summed E-state index contributed by atoms with van der Waals surface area (Å²) in [4.78, 5) is 40.8. The second-order valence-corrected chi connectivity index (χ2v) is 8.49. The molecule has 10 nitrogen and oxygen atoms in total. The lowest BCUT2D eigenvalue weighted by Crippen LogP contribution is -2.43. The van der Waals surface area contributed by atoms with Gasteiger partial charge in [0.05, 0.1) is 24.9 Å². The van der Waals surface area contributed by atoms with Crippen molar-refractivity contribution in [2.24, 2.45) is 0 Å². The normalized spacial score (nSPS) is 11.2. The van der Waals surface area contributed by atoms with Crippen LogP contribution in [0.1, 0.15) is 18.1 Å². The number of hydrogen-bond donors (Lipinski definition) is 1. The third-order valence-electron chi connectivity index (χ3n) is 5.39.